The number of carbonyl (C=O) groups is 1. The minimum atomic E-state index is -0.368. The molecule has 0 fully saturated rings. The summed E-state index contributed by atoms with van der Waals surface area (Å²) in [5, 5.41) is 1.20. The highest BCUT2D eigenvalue weighted by Crippen LogP contribution is 2.37. The second kappa shape index (κ2) is 4.22. The molecule has 0 saturated carbocycles. The predicted molar refractivity (Wildman–Crippen MR) is 81.4 cm³/mol. The van der Waals surface area contributed by atoms with Crippen LogP contribution in [0, 0.1) is 13.8 Å². The van der Waals surface area contributed by atoms with Crippen molar-refractivity contribution in [2.45, 2.75) is 20.1 Å². The van der Waals surface area contributed by atoms with Crippen molar-refractivity contribution in [2.24, 2.45) is 0 Å². The van der Waals surface area contributed by atoms with Crippen molar-refractivity contribution in [1.82, 2.24) is 4.57 Å². The average Bonchev–Trinajstić information content (AvgIpc) is 2.97. The maximum atomic E-state index is 12.1. The smallest absolute Gasteiger partial charge is 0.340 e. The van der Waals surface area contributed by atoms with E-state index in [4.69, 9.17) is 4.74 Å². The largest absolute Gasteiger partial charge is 0.433 e. The fourth-order valence-corrected chi connectivity index (χ4v) is 3.18. The fraction of sp³-hybridized carbons (Fsp3) is 0.167. The first-order valence-corrected chi connectivity index (χ1v) is 7.04. The van der Waals surface area contributed by atoms with E-state index >= 15 is 0 Å². The maximum Gasteiger partial charge on any atom is 0.340 e. The number of aryl methyl sites for hydroxylation is 1. The van der Waals surface area contributed by atoms with Crippen LogP contribution in [0.25, 0.3) is 10.9 Å². The third-order valence-electron chi connectivity index (χ3n) is 4.37. The van der Waals surface area contributed by atoms with Crippen molar-refractivity contribution < 1.29 is 9.53 Å². The van der Waals surface area contributed by atoms with Gasteiger partial charge in [0.2, 0.25) is 6.23 Å². The molecule has 4 rings (SSSR count). The summed E-state index contributed by atoms with van der Waals surface area (Å²) in [5.74, 6) is -0.245. The lowest BCUT2D eigenvalue weighted by Gasteiger charge is -2.16. The van der Waals surface area contributed by atoms with E-state index in [2.05, 4.69) is 30.5 Å². The van der Waals surface area contributed by atoms with E-state index in [9.17, 15) is 4.79 Å². The number of aromatic nitrogens is 1. The molecule has 0 aliphatic carbocycles. The number of fused-ring (bicyclic) bond motifs is 2. The lowest BCUT2D eigenvalue weighted by molar-refractivity contribution is 0.0328. The number of carbonyl (C=O) groups excluding carboxylic acids is 1. The van der Waals surface area contributed by atoms with Crippen LogP contribution >= 0.6 is 0 Å². The van der Waals surface area contributed by atoms with E-state index in [0.717, 1.165) is 16.8 Å². The predicted octanol–water partition coefficient (Wildman–Crippen LogP) is 3.98. The highest BCUT2D eigenvalue weighted by Gasteiger charge is 2.33. The molecule has 104 valence electrons. The zero-order chi connectivity index (χ0) is 14.6. The molecule has 3 nitrogen and oxygen atoms in total. The maximum absolute atomic E-state index is 12.1. The Hall–Kier alpha value is -2.55. The molecular formula is C18H15NO2. The third kappa shape index (κ3) is 1.57. The van der Waals surface area contributed by atoms with Gasteiger partial charge in [-0.05, 0) is 31.5 Å². The van der Waals surface area contributed by atoms with Gasteiger partial charge in [0, 0.05) is 16.6 Å². The summed E-state index contributed by atoms with van der Waals surface area (Å²) in [6, 6.07) is 15.8. The molecule has 2 heterocycles. The summed E-state index contributed by atoms with van der Waals surface area (Å²) in [5.41, 5.74) is 5.06. The van der Waals surface area contributed by atoms with Crippen LogP contribution in [0.1, 0.15) is 33.4 Å². The first-order valence-electron chi connectivity index (χ1n) is 7.04. The molecule has 0 N–H and O–H groups in total. The minimum Gasteiger partial charge on any atom is -0.433 e. The number of cyclic esters (lactones) is 1. The lowest BCUT2D eigenvalue weighted by atomic mass is 10.1. The minimum absolute atomic E-state index is 0.245. The Morgan fingerprint density at radius 1 is 1.00 bits per heavy atom. The topological polar surface area (TPSA) is 31.2 Å². The molecule has 0 amide bonds. The van der Waals surface area contributed by atoms with Gasteiger partial charge in [-0.25, -0.2) is 4.79 Å². The molecule has 0 radical (unpaired) electrons. The summed E-state index contributed by atoms with van der Waals surface area (Å²) in [7, 11) is 0. The first kappa shape index (κ1) is 12.2. The van der Waals surface area contributed by atoms with Crippen molar-refractivity contribution in [1.29, 1.82) is 0 Å². The zero-order valence-corrected chi connectivity index (χ0v) is 12.0. The van der Waals surface area contributed by atoms with Gasteiger partial charge in [-0.2, -0.15) is 0 Å². The molecule has 3 heteroatoms. The Labute approximate surface area is 122 Å². The number of hydrogen-bond donors (Lipinski definition) is 0. The summed E-state index contributed by atoms with van der Waals surface area (Å²) < 4.78 is 7.76. The highest BCUT2D eigenvalue weighted by atomic mass is 16.6. The van der Waals surface area contributed by atoms with Gasteiger partial charge in [0.15, 0.2) is 0 Å². The van der Waals surface area contributed by atoms with Gasteiger partial charge >= 0.3 is 5.97 Å². The zero-order valence-electron chi connectivity index (χ0n) is 12.0. The van der Waals surface area contributed by atoms with Gasteiger partial charge < -0.3 is 9.30 Å². The summed E-state index contributed by atoms with van der Waals surface area (Å²) in [6.45, 7) is 4.18. The summed E-state index contributed by atoms with van der Waals surface area (Å²) >= 11 is 0. The van der Waals surface area contributed by atoms with Crippen molar-refractivity contribution >= 4 is 16.9 Å². The van der Waals surface area contributed by atoms with Crippen LogP contribution in [0.5, 0.6) is 0 Å². The van der Waals surface area contributed by atoms with E-state index in [-0.39, 0.29) is 12.2 Å². The molecular weight excluding hydrogens is 262 g/mol. The SMILES string of the molecule is Cc1c(C)n([C@@H]2OC(=O)c3ccccc32)c2ccccc12. The van der Waals surface area contributed by atoms with Crippen molar-refractivity contribution in [2.75, 3.05) is 0 Å². The number of hydrogen-bond acceptors (Lipinski definition) is 2. The fourth-order valence-electron chi connectivity index (χ4n) is 3.18. The number of nitrogens with zero attached hydrogens (tertiary/aromatic N) is 1. The Kier molecular flexibility index (Phi) is 2.45. The molecule has 2 aromatic carbocycles. The molecule has 1 atom stereocenters. The molecule has 0 spiro atoms. The molecule has 21 heavy (non-hydrogen) atoms. The van der Waals surface area contributed by atoms with Crippen LogP contribution in [0.15, 0.2) is 48.5 Å². The molecule has 1 aliphatic rings. The van der Waals surface area contributed by atoms with E-state index in [1.165, 1.54) is 10.9 Å². The standard InChI is InChI=1S/C18H15NO2/c1-11-12(2)19(16-10-6-5-7-13(11)16)17-14-8-3-4-9-15(14)18(20)21-17/h3-10,17H,1-2H3/t17-/m1/s1. The molecule has 0 bridgehead atoms. The highest BCUT2D eigenvalue weighted by molar-refractivity contribution is 5.94. The third-order valence-corrected chi connectivity index (χ3v) is 4.37. The van der Waals surface area contributed by atoms with Gasteiger partial charge in [-0.1, -0.05) is 36.4 Å². The Morgan fingerprint density at radius 3 is 2.57 bits per heavy atom. The Bertz CT molecular complexity index is 876. The number of para-hydroxylation sites is 1. The second-order valence-corrected chi connectivity index (χ2v) is 5.44. The number of esters is 1. The van der Waals surface area contributed by atoms with Crippen molar-refractivity contribution in [3.63, 3.8) is 0 Å². The van der Waals surface area contributed by atoms with E-state index in [1.54, 1.807) is 0 Å². The average molecular weight is 277 g/mol. The van der Waals surface area contributed by atoms with Gasteiger partial charge in [-0.15, -0.1) is 0 Å². The van der Waals surface area contributed by atoms with Crippen LogP contribution in [0.2, 0.25) is 0 Å². The van der Waals surface area contributed by atoms with Gasteiger partial charge in [0.1, 0.15) is 0 Å². The monoisotopic (exact) mass is 277 g/mol. The van der Waals surface area contributed by atoms with Crippen LogP contribution in [0.4, 0.5) is 0 Å². The van der Waals surface area contributed by atoms with Gasteiger partial charge in [0.05, 0.1) is 11.1 Å². The van der Waals surface area contributed by atoms with Gasteiger partial charge in [0.25, 0.3) is 0 Å². The van der Waals surface area contributed by atoms with E-state index in [0.29, 0.717) is 5.56 Å². The number of ether oxygens (including phenoxy) is 1. The summed E-state index contributed by atoms with van der Waals surface area (Å²) in [4.78, 5) is 12.1. The van der Waals surface area contributed by atoms with Crippen LogP contribution < -0.4 is 0 Å². The first-order chi connectivity index (χ1) is 10.2. The molecule has 0 saturated heterocycles. The molecule has 0 unspecified atom stereocenters. The number of rotatable bonds is 1. The van der Waals surface area contributed by atoms with Crippen LogP contribution in [0.3, 0.4) is 0 Å². The number of benzene rings is 2. The Morgan fingerprint density at radius 2 is 1.71 bits per heavy atom. The lowest BCUT2D eigenvalue weighted by Crippen LogP contribution is -2.11. The molecule has 1 aromatic heterocycles. The molecule has 3 aromatic rings. The van der Waals surface area contributed by atoms with Gasteiger partial charge in [-0.3, -0.25) is 0 Å². The summed E-state index contributed by atoms with van der Waals surface area (Å²) in [6.07, 6.45) is -0.368. The normalized spacial score (nSPS) is 17.0. The molecule has 1 aliphatic heterocycles. The quantitative estimate of drug-likeness (QED) is 0.630. The van der Waals surface area contributed by atoms with Crippen LogP contribution in [-0.2, 0) is 4.74 Å². The van der Waals surface area contributed by atoms with Crippen molar-refractivity contribution in [3.8, 4) is 0 Å². The van der Waals surface area contributed by atoms with E-state index < -0.39 is 0 Å². The Balaban J connectivity index is 2.01. The van der Waals surface area contributed by atoms with E-state index in [1.807, 2.05) is 36.4 Å². The van der Waals surface area contributed by atoms with Crippen LogP contribution in [-0.4, -0.2) is 10.5 Å². The van der Waals surface area contributed by atoms with Crippen molar-refractivity contribution in [3.05, 3.63) is 70.9 Å². The second-order valence-electron chi connectivity index (χ2n) is 5.44.